The third-order valence-corrected chi connectivity index (χ3v) is 4.44. The highest BCUT2D eigenvalue weighted by Crippen LogP contribution is 2.17. The molecule has 0 radical (unpaired) electrons. The van der Waals surface area contributed by atoms with Crippen LogP contribution in [0.2, 0.25) is 0 Å². The summed E-state index contributed by atoms with van der Waals surface area (Å²) in [4.78, 5) is 16.4. The van der Waals surface area contributed by atoms with Gasteiger partial charge in [-0.05, 0) is 42.2 Å². The molecular weight excluding hydrogens is 296 g/mol. The number of thiophene rings is 1. The van der Waals surface area contributed by atoms with Crippen molar-refractivity contribution in [3.05, 3.63) is 22.4 Å². The lowest BCUT2D eigenvalue weighted by Gasteiger charge is -2.13. The van der Waals surface area contributed by atoms with Gasteiger partial charge in [0.25, 0.3) is 0 Å². The monoisotopic (exact) mass is 322 g/mol. The van der Waals surface area contributed by atoms with Crippen molar-refractivity contribution >= 4 is 23.2 Å². The summed E-state index contributed by atoms with van der Waals surface area (Å²) in [6.07, 6.45) is 5.22. The second kappa shape index (κ2) is 9.46. The second-order valence-electron chi connectivity index (χ2n) is 5.55. The third-order valence-electron chi connectivity index (χ3n) is 3.71. The molecule has 1 saturated carbocycles. The maximum absolute atomic E-state index is 11.9. The van der Waals surface area contributed by atoms with E-state index < -0.39 is 0 Å². The Labute approximate surface area is 136 Å². The van der Waals surface area contributed by atoms with E-state index >= 15 is 0 Å². The average Bonchev–Trinajstić information content (AvgIpc) is 3.18. The van der Waals surface area contributed by atoms with Crippen LogP contribution in [-0.4, -0.2) is 31.0 Å². The van der Waals surface area contributed by atoms with E-state index in [-0.39, 0.29) is 5.91 Å². The fourth-order valence-electron chi connectivity index (χ4n) is 2.56. The largest absolute Gasteiger partial charge is 0.357 e. The fourth-order valence-corrected chi connectivity index (χ4v) is 3.22. The standard InChI is InChI=1S/C16H26N4OS/c1-2-17-16(19-11-13-8-10-22-12-13)18-9-7-15(21)20-14-5-3-4-6-14/h8,10,12,14H,2-7,9,11H2,1H3,(H,20,21)(H2,17,18,19). The molecular formula is C16H26N4OS. The van der Waals surface area contributed by atoms with Gasteiger partial charge in [-0.3, -0.25) is 4.79 Å². The van der Waals surface area contributed by atoms with E-state index in [1.165, 1.54) is 18.4 Å². The van der Waals surface area contributed by atoms with Gasteiger partial charge in [0.15, 0.2) is 5.96 Å². The maximum atomic E-state index is 11.9. The van der Waals surface area contributed by atoms with Crippen LogP contribution in [0.3, 0.4) is 0 Å². The third kappa shape index (κ3) is 6.05. The van der Waals surface area contributed by atoms with Crippen molar-refractivity contribution in [2.45, 2.75) is 51.6 Å². The molecule has 1 amide bonds. The first-order chi connectivity index (χ1) is 10.8. The molecule has 2 rings (SSSR count). The summed E-state index contributed by atoms with van der Waals surface area (Å²) < 4.78 is 0. The molecule has 5 nitrogen and oxygen atoms in total. The minimum absolute atomic E-state index is 0.132. The summed E-state index contributed by atoms with van der Waals surface area (Å²) in [6.45, 7) is 4.11. The Morgan fingerprint density at radius 2 is 2.18 bits per heavy atom. The van der Waals surface area contributed by atoms with Crippen LogP contribution in [0.15, 0.2) is 21.8 Å². The van der Waals surface area contributed by atoms with Crippen molar-refractivity contribution in [1.82, 2.24) is 16.0 Å². The summed E-state index contributed by atoms with van der Waals surface area (Å²) in [5.41, 5.74) is 1.21. The van der Waals surface area contributed by atoms with Gasteiger partial charge < -0.3 is 16.0 Å². The van der Waals surface area contributed by atoms with Gasteiger partial charge in [-0.15, -0.1) is 0 Å². The molecule has 1 aromatic rings. The zero-order chi connectivity index (χ0) is 15.6. The number of carbonyl (C=O) groups is 1. The Morgan fingerprint density at radius 3 is 2.86 bits per heavy atom. The first kappa shape index (κ1) is 16.8. The molecule has 1 aromatic heterocycles. The van der Waals surface area contributed by atoms with Crippen LogP contribution in [-0.2, 0) is 11.3 Å². The quantitative estimate of drug-likeness (QED) is 0.533. The first-order valence-corrected chi connectivity index (χ1v) is 9.05. The molecule has 6 heteroatoms. The number of amides is 1. The van der Waals surface area contributed by atoms with E-state index in [4.69, 9.17) is 0 Å². The van der Waals surface area contributed by atoms with Gasteiger partial charge in [-0.2, -0.15) is 11.3 Å². The van der Waals surface area contributed by atoms with Crippen molar-refractivity contribution in [2.24, 2.45) is 4.99 Å². The van der Waals surface area contributed by atoms with Crippen molar-refractivity contribution in [3.63, 3.8) is 0 Å². The van der Waals surface area contributed by atoms with Crippen LogP contribution in [0.25, 0.3) is 0 Å². The highest BCUT2D eigenvalue weighted by atomic mass is 32.1. The Morgan fingerprint density at radius 1 is 1.36 bits per heavy atom. The van der Waals surface area contributed by atoms with Crippen molar-refractivity contribution in [2.75, 3.05) is 13.1 Å². The predicted molar refractivity (Wildman–Crippen MR) is 92.2 cm³/mol. The van der Waals surface area contributed by atoms with Gasteiger partial charge >= 0.3 is 0 Å². The minimum atomic E-state index is 0.132. The molecule has 3 N–H and O–H groups in total. The lowest BCUT2D eigenvalue weighted by Crippen LogP contribution is -2.40. The van der Waals surface area contributed by atoms with Gasteiger partial charge in [0.05, 0.1) is 6.54 Å². The minimum Gasteiger partial charge on any atom is -0.357 e. The molecule has 0 aliphatic heterocycles. The number of hydrogen-bond acceptors (Lipinski definition) is 3. The van der Waals surface area contributed by atoms with E-state index in [1.54, 1.807) is 11.3 Å². The average molecular weight is 322 g/mol. The number of nitrogens with one attached hydrogen (secondary N) is 3. The number of hydrogen-bond donors (Lipinski definition) is 3. The molecule has 0 bridgehead atoms. The van der Waals surface area contributed by atoms with Crippen LogP contribution in [0.1, 0.15) is 44.6 Å². The Balaban J connectivity index is 1.69. The highest BCUT2D eigenvalue weighted by Gasteiger charge is 2.16. The molecule has 122 valence electrons. The number of nitrogens with zero attached hydrogens (tertiary/aromatic N) is 1. The summed E-state index contributed by atoms with van der Waals surface area (Å²) in [6, 6.07) is 2.47. The summed E-state index contributed by atoms with van der Waals surface area (Å²) in [5.74, 6) is 0.899. The number of rotatable bonds is 7. The SMILES string of the molecule is CCNC(=NCc1ccsc1)NCCC(=O)NC1CCCC1. The van der Waals surface area contributed by atoms with Gasteiger partial charge in [-0.25, -0.2) is 4.99 Å². The van der Waals surface area contributed by atoms with E-state index in [1.807, 2.05) is 6.92 Å². The molecule has 1 fully saturated rings. The second-order valence-corrected chi connectivity index (χ2v) is 6.33. The van der Waals surface area contributed by atoms with Gasteiger partial charge in [0, 0.05) is 25.6 Å². The molecule has 0 spiro atoms. The van der Waals surface area contributed by atoms with Crippen LogP contribution in [0, 0.1) is 0 Å². The molecule has 0 unspecified atom stereocenters. The van der Waals surface area contributed by atoms with Crippen molar-refractivity contribution in [3.8, 4) is 0 Å². The normalized spacial score (nSPS) is 15.8. The topological polar surface area (TPSA) is 65.5 Å². The maximum Gasteiger partial charge on any atom is 0.221 e. The Kier molecular flexibility index (Phi) is 7.22. The van der Waals surface area contributed by atoms with Crippen molar-refractivity contribution in [1.29, 1.82) is 0 Å². The molecule has 0 saturated heterocycles. The zero-order valence-corrected chi connectivity index (χ0v) is 14.0. The number of aliphatic imine (C=N–C) groups is 1. The molecule has 0 atom stereocenters. The Hall–Kier alpha value is -1.56. The van der Waals surface area contributed by atoms with E-state index in [9.17, 15) is 4.79 Å². The fraction of sp³-hybridized carbons (Fsp3) is 0.625. The summed E-state index contributed by atoms with van der Waals surface area (Å²) in [7, 11) is 0. The van der Waals surface area contributed by atoms with E-state index in [2.05, 4.69) is 37.8 Å². The molecule has 0 aromatic carbocycles. The molecule has 1 aliphatic carbocycles. The smallest absolute Gasteiger partial charge is 0.221 e. The molecule has 1 aliphatic rings. The highest BCUT2D eigenvalue weighted by molar-refractivity contribution is 7.07. The lowest BCUT2D eigenvalue weighted by molar-refractivity contribution is -0.121. The predicted octanol–water partition coefficient (Wildman–Crippen LogP) is 2.25. The van der Waals surface area contributed by atoms with Crippen LogP contribution >= 0.6 is 11.3 Å². The molecule has 1 heterocycles. The van der Waals surface area contributed by atoms with Gasteiger partial charge in [0.1, 0.15) is 0 Å². The zero-order valence-electron chi connectivity index (χ0n) is 13.2. The van der Waals surface area contributed by atoms with Crippen LogP contribution < -0.4 is 16.0 Å². The van der Waals surface area contributed by atoms with E-state index in [0.717, 1.165) is 25.3 Å². The van der Waals surface area contributed by atoms with Gasteiger partial charge in [0.2, 0.25) is 5.91 Å². The van der Waals surface area contributed by atoms with Crippen molar-refractivity contribution < 1.29 is 4.79 Å². The lowest BCUT2D eigenvalue weighted by atomic mass is 10.2. The first-order valence-electron chi connectivity index (χ1n) is 8.10. The van der Waals surface area contributed by atoms with Gasteiger partial charge in [-0.1, -0.05) is 12.8 Å². The molecule has 22 heavy (non-hydrogen) atoms. The Bertz CT molecular complexity index is 467. The van der Waals surface area contributed by atoms with E-state index in [0.29, 0.717) is 25.6 Å². The summed E-state index contributed by atoms with van der Waals surface area (Å²) >= 11 is 1.68. The van der Waals surface area contributed by atoms with Crippen LogP contribution in [0.5, 0.6) is 0 Å². The summed E-state index contributed by atoms with van der Waals surface area (Å²) in [5, 5.41) is 13.7. The number of carbonyl (C=O) groups excluding carboxylic acids is 1. The van der Waals surface area contributed by atoms with Crippen LogP contribution in [0.4, 0.5) is 0 Å². The number of guanidine groups is 1.